The fraction of sp³-hybridized carbons (Fsp3) is 0.316. The van der Waals surface area contributed by atoms with Gasteiger partial charge in [-0.3, -0.25) is 14.5 Å². The molecule has 0 bridgehead atoms. The lowest BCUT2D eigenvalue weighted by atomic mass is 10.3. The minimum Gasteiger partial charge on any atom is -0.497 e. The maximum Gasteiger partial charge on any atom is 0.417 e. The lowest BCUT2D eigenvalue weighted by Crippen LogP contribution is -2.35. The van der Waals surface area contributed by atoms with E-state index >= 15 is 0 Å². The van der Waals surface area contributed by atoms with E-state index < -0.39 is 17.0 Å². The highest BCUT2D eigenvalue weighted by Gasteiger charge is 2.38. The molecule has 0 spiro atoms. The summed E-state index contributed by atoms with van der Waals surface area (Å²) in [7, 11) is 1.56. The molecule has 0 aliphatic carbocycles. The van der Waals surface area contributed by atoms with Crippen LogP contribution in [-0.2, 0) is 15.8 Å². The van der Waals surface area contributed by atoms with Crippen LogP contribution in [0.5, 0.6) is 5.75 Å². The Morgan fingerprint density at radius 3 is 2.60 bits per heavy atom. The molecule has 0 saturated carbocycles. The molecule has 0 radical (unpaired) electrons. The summed E-state index contributed by atoms with van der Waals surface area (Å²) in [5, 5.41) is 2.03. The molecule has 1 aliphatic heterocycles. The number of benzene rings is 1. The van der Waals surface area contributed by atoms with Crippen LogP contribution in [0.1, 0.15) is 12.0 Å². The van der Waals surface area contributed by atoms with Crippen molar-refractivity contribution in [2.45, 2.75) is 22.7 Å². The Bertz CT molecular complexity index is 941. The van der Waals surface area contributed by atoms with Crippen LogP contribution < -0.4 is 10.1 Å². The summed E-state index contributed by atoms with van der Waals surface area (Å²) < 4.78 is 43.1. The van der Waals surface area contributed by atoms with Crippen molar-refractivity contribution in [3.05, 3.63) is 47.1 Å². The number of imide groups is 1. The zero-order valence-corrected chi connectivity index (χ0v) is 17.3. The van der Waals surface area contributed by atoms with Crippen molar-refractivity contribution in [1.82, 2.24) is 9.88 Å². The molecule has 1 aromatic heterocycles. The number of hydrogen-bond donors (Lipinski definition) is 1. The van der Waals surface area contributed by atoms with Crippen molar-refractivity contribution in [3.63, 3.8) is 0 Å². The Morgan fingerprint density at radius 2 is 2.00 bits per heavy atom. The Labute approximate surface area is 179 Å². The van der Waals surface area contributed by atoms with Crippen LogP contribution in [-0.4, -0.2) is 47.1 Å². The average molecular weight is 460 g/mol. The number of hydrogen-bond acceptors (Lipinski definition) is 6. The molecule has 6 nitrogen and oxygen atoms in total. The Morgan fingerprint density at radius 1 is 1.30 bits per heavy atom. The summed E-state index contributed by atoms with van der Waals surface area (Å²) in [6.45, 7) is 0.159. The first-order valence-corrected chi connectivity index (χ1v) is 10.1. The number of thioether (sulfide) groups is 1. The fourth-order valence-electron chi connectivity index (χ4n) is 2.81. The molecule has 1 unspecified atom stereocenters. The molecule has 160 valence electrons. The van der Waals surface area contributed by atoms with Crippen LogP contribution in [0.15, 0.2) is 41.4 Å². The number of likely N-dealkylation sites (tertiary alicyclic amines) is 1. The van der Waals surface area contributed by atoms with Gasteiger partial charge in [0.05, 0.1) is 22.9 Å². The van der Waals surface area contributed by atoms with Gasteiger partial charge in [0, 0.05) is 30.6 Å². The first kappa shape index (κ1) is 22.2. The van der Waals surface area contributed by atoms with E-state index in [9.17, 15) is 22.8 Å². The van der Waals surface area contributed by atoms with Gasteiger partial charge in [0.15, 0.2) is 0 Å². The van der Waals surface area contributed by atoms with E-state index in [0.29, 0.717) is 11.9 Å². The zero-order valence-electron chi connectivity index (χ0n) is 15.7. The number of anilines is 1. The van der Waals surface area contributed by atoms with Crippen molar-refractivity contribution in [2.75, 3.05) is 25.5 Å². The molecule has 2 amide bonds. The summed E-state index contributed by atoms with van der Waals surface area (Å²) in [6.07, 6.45) is -3.79. The Hall–Kier alpha value is -2.46. The fourth-order valence-corrected chi connectivity index (χ4v) is 4.12. The van der Waals surface area contributed by atoms with Gasteiger partial charge in [-0.1, -0.05) is 11.6 Å². The highest BCUT2D eigenvalue weighted by atomic mass is 35.5. The molecule has 1 N–H and O–H groups in total. The van der Waals surface area contributed by atoms with E-state index in [-0.39, 0.29) is 42.2 Å². The predicted octanol–water partition coefficient (Wildman–Crippen LogP) is 4.09. The van der Waals surface area contributed by atoms with E-state index in [1.165, 1.54) is 11.8 Å². The number of carbonyl (C=O) groups is 2. The summed E-state index contributed by atoms with van der Waals surface area (Å²) in [6, 6.07) is 7.93. The second kappa shape index (κ2) is 9.13. The van der Waals surface area contributed by atoms with Gasteiger partial charge in [-0.2, -0.15) is 13.2 Å². The first-order valence-electron chi connectivity index (χ1n) is 8.80. The van der Waals surface area contributed by atoms with Crippen LogP contribution in [0.4, 0.5) is 19.0 Å². The number of carbonyl (C=O) groups excluding carboxylic acids is 2. The van der Waals surface area contributed by atoms with Crippen molar-refractivity contribution in [1.29, 1.82) is 0 Å². The first-order chi connectivity index (χ1) is 14.2. The number of nitrogens with zero attached hydrogens (tertiary/aromatic N) is 2. The lowest BCUT2D eigenvalue weighted by molar-refractivity contribution is -0.139. The van der Waals surface area contributed by atoms with Crippen molar-refractivity contribution in [3.8, 4) is 5.75 Å². The molecule has 1 atom stereocenters. The van der Waals surface area contributed by atoms with E-state index in [2.05, 4.69) is 10.3 Å². The quantitative estimate of drug-likeness (QED) is 0.629. The minimum absolute atomic E-state index is 0.0490. The number of aromatic nitrogens is 1. The Balaban J connectivity index is 1.55. The average Bonchev–Trinajstić information content (AvgIpc) is 2.96. The number of rotatable bonds is 7. The minimum atomic E-state index is -4.54. The van der Waals surface area contributed by atoms with Gasteiger partial charge in [-0.25, -0.2) is 4.98 Å². The van der Waals surface area contributed by atoms with Gasteiger partial charge in [-0.15, -0.1) is 11.8 Å². The highest BCUT2D eigenvalue weighted by molar-refractivity contribution is 8.00. The second-order valence-electron chi connectivity index (χ2n) is 6.35. The van der Waals surface area contributed by atoms with Gasteiger partial charge in [0.2, 0.25) is 11.8 Å². The molecule has 1 fully saturated rings. The third-order valence-corrected chi connectivity index (χ3v) is 5.82. The van der Waals surface area contributed by atoms with Crippen molar-refractivity contribution >= 4 is 41.0 Å². The number of halogens is 4. The predicted molar refractivity (Wildman–Crippen MR) is 107 cm³/mol. The molecule has 1 aliphatic rings. The standard InChI is InChI=1S/C19H17ClF3N3O3S/c1-29-12-2-4-13(5-3-12)30-15-9-16(27)26(18(15)28)7-6-24-17-14(20)8-11(10-25-17)19(21,22)23/h2-5,8,10,15H,6-7,9H2,1H3,(H,24,25). The summed E-state index contributed by atoms with van der Waals surface area (Å²) in [5.74, 6) is 0.123. The zero-order chi connectivity index (χ0) is 21.9. The SMILES string of the molecule is COc1ccc(SC2CC(=O)N(CCNc3ncc(C(F)(F)F)cc3Cl)C2=O)cc1. The Kier molecular flexibility index (Phi) is 6.77. The number of nitrogens with one attached hydrogen (secondary N) is 1. The number of amides is 2. The van der Waals surface area contributed by atoms with Crippen molar-refractivity contribution in [2.24, 2.45) is 0 Å². The van der Waals surface area contributed by atoms with Crippen LogP contribution in [0.25, 0.3) is 0 Å². The van der Waals surface area contributed by atoms with Crippen LogP contribution >= 0.6 is 23.4 Å². The molecular formula is C19H17ClF3N3O3S. The summed E-state index contributed by atoms with van der Waals surface area (Å²) >= 11 is 7.13. The molecule has 2 heterocycles. The number of alkyl halides is 3. The number of methoxy groups -OCH3 is 1. The van der Waals surface area contributed by atoms with Crippen LogP contribution in [0.2, 0.25) is 5.02 Å². The van der Waals surface area contributed by atoms with E-state index in [0.717, 1.165) is 15.9 Å². The maximum absolute atomic E-state index is 12.7. The monoisotopic (exact) mass is 459 g/mol. The lowest BCUT2D eigenvalue weighted by Gasteiger charge is -2.16. The van der Waals surface area contributed by atoms with E-state index in [1.54, 1.807) is 19.2 Å². The third kappa shape index (κ3) is 5.17. The number of pyridine rings is 1. The molecular weight excluding hydrogens is 443 g/mol. The number of ether oxygens (including phenoxy) is 1. The molecule has 30 heavy (non-hydrogen) atoms. The normalized spacial score (nSPS) is 16.8. The van der Waals surface area contributed by atoms with E-state index in [4.69, 9.17) is 16.3 Å². The highest BCUT2D eigenvalue weighted by Crippen LogP contribution is 2.33. The van der Waals surface area contributed by atoms with Crippen molar-refractivity contribution < 1.29 is 27.5 Å². The molecule has 2 aromatic rings. The molecule has 11 heteroatoms. The van der Waals surface area contributed by atoms with Crippen LogP contribution in [0, 0.1) is 0 Å². The topological polar surface area (TPSA) is 71.5 Å². The summed E-state index contributed by atoms with van der Waals surface area (Å²) in [4.78, 5) is 30.4. The second-order valence-corrected chi connectivity index (χ2v) is 8.03. The maximum atomic E-state index is 12.7. The van der Waals surface area contributed by atoms with Crippen LogP contribution in [0.3, 0.4) is 0 Å². The molecule has 3 rings (SSSR count). The third-order valence-electron chi connectivity index (χ3n) is 4.34. The smallest absolute Gasteiger partial charge is 0.417 e. The molecule has 1 aromatic carbocycles. The molecule has 1 saturated heterocycles. The largest absolute Gasteiger partial charge is 0.497 e. The van der Waals surface area contributed by atoms with Gasteiger partial charge in [-0.05, 0) is 30.3 Å². The van der Waals surface area contributed by atoms with Gasteiger partial charge in [0.25, 0.3) is 0 Å². The van der Waals surface area contributed by atoms with Gasteiger partial charge >= 0.3 is 6.18 Å². The van der Waals surface area contributed by atoms with E-state index in [1.807, 2.05) is 12.1 Å². The van der Waals surface area contributed by atoms with Gasteiger partial charge < -0.3 is 10.1 Å². The van der Waals surface area contributed by atoms with Gasteiger partial charge in [0.1, 0.15) is 11.6 Å². The summed E-state index contributed by atoms with van der Waals surface area (Å²) in [5.41, 5.74) is -0.957.